The van der Waals surface area contributed by atoms with Crippen LogP contribution in [0.4, 0.5) is 8.78 Å². The van der Waals surface area contributed by atoms with Crippen molar-refractivity contribution in [1.29, 1.82) is 0 Å². The van der Waals surface area contributed by atoms with Gasteiger partial charge in [0.15, 0.2) is 0 Å². The smallest absolute Gasteiger partial charge is 0.344 e. The number of ether oxygens (including phenoxy) is 1. The highest BCUT2D eigenvalue weighted by Gasteiger charge is 2.15. The van der Waals surface area contributed by atoms with Gasteiger partial charge in [-0.15, -0.1) is 0 Å². The van der Waals surface area contributed by atoms with Crippen molar-refractivity contribution >= 4 is 5.97 Å². The molecule has 0 atom stereocenters. The van der Waals surface area contributed by atoms with E-state index in [1.165, 1.54) is 47.1 Å². The van der Waals surface area contributed by atoms with Crippen molar-refractivity contribution in [3.05, 3.63) is 77.5 Å². The van der Waals surface area contributed by atoms with Crippen LogP contribution >= 0.6 is 0 Å². The number of aromatic nitrogens is 2. The van der Waals surface area contributed by atoms with Crippen LogP contribution in [-0.2, 0) is 0 Å². The largest absolute Gasteiger partial charge is 0.404 e. The monoisotopic (exact) mass is 314 g/mol. The molecule has 0 saturated heterocycles. The van der Waals surface area contributed by atoms with Crippen molar-refractivity contribution in [1.82, 2.24) is 9.78 Å². The van der Waals surface area contributed by atoms with Gasteiger partial charge in [0.05, 0.1) is 16.9 Å². The maximum Gasteiger partial charge on any atom is 0.344 e. The van der Waals surface area contributed by atoms with E-state index in [1.54, 1.807) is 19.1 Å². The molecular formula is C17H12F2N2O2. The Balaban J connectivity index is 1.91. The molecule has 0 bridgehead atoms. The molecule has 6 heteroatoms. The fourth-order valence-corrected chi connectivity index (χ4v) is 2.08. The zero-order chi connectivity index (χ0) is 16.4. The first-order valence-electron chi connectivity index (χ1n) is 6.83. The van der Waals surface area contributed by atoms with Crippen LogP contribution < -0.4 is 4.74 Å². The molecule has 4 nitrogen and oxygen atoms in total. The minimum absolute atomic E-state index is 0.155. The van der Waals surface area contributed by atoms with Crippen LogP contribution in [0, 0.1) is 18.6 Å². The molecule has 0 spiro atoms. The summed E-state index contributed by atoms with van der Waals surface area (Å²) in [6.45, 7) is 1.73. The Bertz CT molecular complexity index is 857. The molecule has 0 unspecified atom stereocenters. The van der Waals surface area contributed by atoms with Crippen LogP contribution in [0.25, 0.3) is 5.69 Å². The third-order valence-electron chi connectivity index (χ3n) is 3.13. The standard InChI is InChI=1S/C17H12F2N2O2/c1-11-9-16(21(20-11)15-4-2-3-14(19)10-15)23-17(22)12-5-7-13(18)8-6-12/h2-10H,1H3. The number of hydrogen-bond donors (Lipinski definition) is 0. The Hall–Kier alpha value is -3.02. The molecule has 0 N–H and O–H groups in total. The highest BCUT2D eigenvalue weighted by Crippen LogP contribution is 2.21. The summed E-state index contributed by atoms with van der Waals surface area (Å²) < 4.78 is 32.9. The average Bonchev–Trinajstić information content (AvgIpc) is 2.88. The molecule has 0 aliphatic rings. The minimum Gasteiger partial charge on any atom is -0.404 e. The molecule has 116 valence electrons. The van der Waals surface area contributed by atoms with Gasteiger partial charge in [0.2, 0.25) is 5.88 Å². The highest BCUT2D eigenvalue weighted by atomic mass is 19.1. The molecule has 0 aliphatic heterocycles. The first-order chi connectivity index (χ1) is 11.0. The maximum atomic E-state index is 13.4. The first kappa shape index (κ1) is 14.9. The van der Waals surface area contributed by atoms with E-state index in [-0.39, 0.29) is 11.4 Å². The van der Waals surface area contributed by atoms with Crippen LogP contribution in [0.15, 0.2) is 54.6 Å². The quantitative estimate of drug-likeness (QED) is 0.693. The Morgan fingerprint density at radius 2 is 1.78 bits per heavy atom. The molecule has 0 radical (unpaired) electrons. The number of aryl methyl sites for hydroxylation is 1. The van der Waals surface area contributed by atoms with Crippen molar-refractivity contribution in [2.24, 2.45) is 0 Å². The van der Waals surface area contributed by atoms with Crippen LogP contribution in [0.3, 0.4) is 0 Å². The number of hydrogen-bond acceptors (Lipinski definition) is 3. The Kier molecular flexibility index (Phi) is 3.89. The number of halogens is 2. The zero-order valence-electron chi connectivity index (χ0n) is 12.2. The second kappa shape index (κ2) is 6.00. The van der Waals surface area contributed by atoms with E-state index in [4.69, 9.17) is 4.74 Å². The number of benzene rings is 2. The molecular weight excluding hydrogens is 302 g/mol. The summed E-state index contributed by atoms with van der Waals surface area (Å²) in [7, 11) is 0. The lowest BCUT2D eigenvalue weighted by atomic mass is 10.2. The van der Waals surface area contributed by atoms with Crippen molar-refractivity contribution in [2.75, 3.05) is 0 Å². The summed E-state index contributed by atoms with van der Waals surface area (Å²) in [5.41, 5.74) is 1.24. The third-order valence-corrected chi connectivity index (χ3v) is 3.13. The Morgan fingerprint density at radius 1 is 1.04 bits per heavy atom. The molecule has 0 amide bonds. The molecule has 3 aromatic rings. The molecule has 1 aromatic heterocycles. The van der Waals surface area contributed by atoms with Gasteiger partial charge < -0.3 is 4.74 Å². The molecule has 0 fully saturated rings. The average molecular weight is 314 g/mol. The van der Waals surface area contributed by atoms with Gasteiger partial charge >= 0.3 is 5.97 Å². The Morgan fingerprint density at radius 3 is 2.48 bits per heavy atom. The van der Waals surface area contributed by atoms with Crippen molar-refractivity contribution < 1.29 is 18.3 Å². The molecule has 2 aromatic carbocycles. The summed E-state index contributed by atoms with van der Waals surface area (Å²) in [6.07, 6.45) is 0. The lowest BCUT2D eigenvalue weighted by molar-refractivity contribution is 0.0723. The van der Waals surface area contributed by atoms with E-state index < -0.39 is 17.6 Å². The van der Waals surface area contributed by atoms with Crippen LogP contribution in [-0.4, -0.2) is 15.7 Å². The molecule has 23 heavy (non-hydrogen) atoms. The fourth-order valence-electron chi connectivity index (χ4n) is 2.08. The lowest BCUT2D eigenvalue weighted by Crippen LogP contribution is -2.11. The van der Waals surface area contributed by atoms with Crippen molar-refractivity contribution in [2.45, 2.75) is 6.92 Å². The van der Waals surface area contributed by atoms with Gasteiger partial charge in [0, 0.05) is 6.07 Å². The summed E-state index contributed by atoms with van der Waals surface area (Å²) in [5, 5.41) is 4.20. The SMILES string of the molecule is Cc1cc(OC(=O)c2ccc(F)cc2)n(-c2cccc(F)c2)n1. The van der Waals surface area contributed by atoms with Crippen LogP contribution in [0.1, 0.15) is 16.1 Å². The van der Waals surface area contributed by atoms with E-state index in [1.807, 2.05) is 0 Å². The molecule has 0 saturated carbocycles. The number of rotatable bonds is 3. The van der Waals surface area contributed by atoms with Gasteiger partial charge in [-0.2, -0.15) is 5.10 Å². The lowest BCUT2D eigenvalue weighted by Gasteiger charge is -2.08. The van der Waals surface area contributed by atoms with Crippen molar-refractivity contribution in [3.63, 3.8) is 0 Å². The van der Waals surface area contributed by atoms with Gasteiger partial charge in [-0.05, 0) is 49.4 Å². The van der Waals surface area contributed by atoms with E-state index >= 15 is 0 Å². The molecule has 3 rings (SSSR count). The fraction of sp³-hybridized carbons (Fsp3) is 0.0588. The zero-order valence-corrected chi connectivity index (χ0v) is 12.2. The van der Waals surface area contributed by atoms with E-state index in [2.05, 4.69) is 5.10 Å². The maximum absolute atomic E-state index is 13.4. The summed E-state index contributed by atoms with van der Waals surface area (Å²) >= 11 is 0. The molecule has 0 aliphatic carbocycles. The number of nitrogens with zero attached hydrogens (tertiary/aromatic N) is 2. The number of carbonyl (C=O) groups is 1. The second-order valence-electron chi connectivity index (χ2n) is 4.91. The highest BCUT2D eigenvalue weighted by molar-refractivity contribution is 5.90. The summed E-state index contributed by atoms with van der Waals surface area (Å²) in [6, 6.07) is 12.3. The van der Waals surface area contributed by atoms with Gasteiger partial charge in [0.1, 0.15) is 11.6 Å². The van der Waals surface area contributed by atoms with Gasteiger partial charge in [-0.3, -0.25) is 0 Å². The minimum atomic E-state index is -0.650. The predicted octanol–water partition coefficient (Wildman–Crippen LogP) is 3.68. The Labute approximate surface area is 130 Å². The number of esters is 1. The van der Waals surface area contributed by atoms with Crippen molar-refractivity contribution in [3.8, 4) is 11.6 Å². The number of carbonyl (C=O) groups excluding carboxylic acids is 1. The molecule has 1 heterocycles. The van der Waals surface area contributed by atoms with Crippen LogP contribution in [0.2, 0.25) is 0 Å². The van der Waals surface area contributed by atoms with E-state index in [0.717, 1.165) is 0 Å². The third kappa shape index (κ3) is 3.26. The van der Waals surface area contributed by atoms with Crippen LogP contribution in [0.5, 0.6) is 5.88 Å². The topological polar surface area (TPSA) is 44.1 Å². The normalized spacial score (nSPS) is 10.6. The second-order valence-corrected chi connectivity index (χ2v) is 4.91. The van der Waals surface area contributed by atoms with Gasteiger partial charge in [0.25, 0.3) is 0 Å². The summed E-state index contributed by atoms with van der Waals surface area (Å²) in [4.78, 5) is 12.1. The van der Waals surface area contributed by atoms with E-state index in [0.29, 0.717) is 11.4 Å². The van der Waals surface area contributed by atoms with Gasteiger partial charge in [-0.25, -0.2) is 18.3 Å². The first-order valence-corrected chi connectivity index (χ1v) is 6.83. The van der Waals surface area contributed by atoms with Gasteiger partial charge in [-0.1, -0.05) is 6.07 Å². The predicted molar refractivity (Wildman–Crippen MR) is 79.6 cm³/mol. The van der Waals surface area contributed by atoms with E-state index in [9.17, 15) is 13.6 Å². The summed E-state index contributed by atoms with van der Waals surface area (Å²) in [5.74, 6) is -1.36.